The van der Waals surface area contributed by atoms with Gasteiger partial charge in [-0.1, -0.05) is 40.9 Å². The molecular weight excluding hydrogens is 416 g/mol. The SMILES string of the molecule is C=C(C)C(=O)OCCC(O)COC1C(C)(C)C(OCC(O)CCOC(=O)C(=C)C)C1(C)C. The minimum Gasteiger partial charge on any atom is -0.462 e. The van der Waals surface area contributed by atoms with Crippen LogP contribution in [0.4, 0.5) is 0 Å². The summed E-state index contributed by atoms with van der Waals surface area (Å²) < 4.78 is 22.0. The van der Waals surface area contributed by atoms with Gasteiger partial charge in [-0.05, 0) is 13.8 Å². The van der Waals surface area contributed by atoms with Crippen molar-refractivity contribution in [2.75, 3.05) is 26.4 Å². The Balaban J connectivity index is 2.42. The highest BCUT2D eigenvalue weighted by atomic mass is 16.5. The van der Waals surface area contributed by atoms with Crippen molar-refractivity contribution in [3.63, 3.8) is 0 Å². The normalized spacial score (nSPS) is 22.9. The Kier molecular flexibility index (Phi) is 10.5. The monoisotopic (exact) mass is 456 g/mol. The van der Waals surface area contributed by atoms with Crippen LogP contribution in [-0.2, 0) is 28.5 Å². The quantitative estimate of drug-likeness (QED) is 0.303. The number of esters is 2. The van der Waals surface area contributed by atoms with E-state index in [4.69, 9.17) is 18.9 Å². The van der Waals surface area contributed by atoms with Crippen LogP contribution in [-0.4, -0.2) is 73.0 Å². The molecule has 0 spiro atoms. The summed E-state index contributed by atoms with van der Waals surface area (Å²) in [6.07, 6.45) is -1.31. The van der Waals surface area contributed by atoms with Crippen molar-refractivity contribution in [2.24, 2.45) is 10.8 Å². The highest BCUT2D eigenvalue weighted by molar-refractivity contribution is 5.87. The first kappa shape index (κ1) is 28.3. The number of hydrogen-bond donors (Lipinski definition) is 2. The van der Waals surface area contributed by atoms with Crippen molar-refractivity contribution in [2.45, 2.75) is 78.8 Å². The Morgan fingerprint density at radius 3 is 1.38 bits per heavy atom. The molecule has 0 aromatic heterocycles. The largest absolute Gasteiger partial charge is 0.462 e. The molecule has 0 amide bonds. The fourth-order valence-corrected chi connectivity index (χ4v) is 4.36. The first-order chi connectivity index (χ1) is 14.7. The van der Waals surface area contributed by atoms with E-state index in [2.05, 4.69) is 13.2 Å². The summed E-state index contributed by atoms with van der Waals surface area (Å²) in [5, 5.41) is 20.3. The molecule has 0 saturated heterocycles. The predicted molar refractivity (Wildman–Crippen MR) is 120 cm³/mol. The maximum Gasteiger partial charge on any atom is 0.333 e. The van der Waals surface area contributed by atoms with Gasteiger partial charge in [-0.25, -0.2) is 9.59 Å². The van der Waals surface area contributed by atoms with E-state index in [0.29, 0.717) is 11.1 Å². The number of aliphatic hydroxyl groups is 2. The van der Waals surface area contributed by atoms with E-state index in [0.717, 1.165) is 0 Å². The van der Waals surface area contributed by atoms with Crippen molar-refractivity contribution >= 4 is 11.9 Å². The molecule has 2 unspecified atom stereocenters. The summed E-state index contributed by atoms with van der Waals surface area (Å²) in [6.45, 7) is 18.7. The molecule has 2 N–H and O–H groups in total. The van der Waals surface area contributed by atoms with Gasteiger partial charge in [-0.3, -0.25) is 0 Å². The summed E-state index contributed by atoms with van der Waals surface area (Å²) in [6, 6.07) is 0. The molecule has 0 bridgehead atoms. The van der Waals surface area contributed by atoms with Crippen LogP contribution in [0.5, 0.6) is 0 Å². The van der Waals surface area contributed by atoms with Crippen molar-refractivity contribution in [3.05, 3.63) is 24.3 Å². The van der Waals surface area contributed by atoms with Crippen LogP contribution in [0.15, 0.2) is 24.3 Å². The molecule has 1 fully saturated rings. The molecule has 32 heavy (non-hydrogen) atoms. The number of rotatable bonds is 14. The predicted octanol–water partition coefficient (Wildman–Crippen LogP) is 2.56. The van der Waals surface area contributed by atoms with Gasteiger partial charge in [0.25, 0.3) is 0 Å². The third-order valence-corrected chi connectivity index (χ3v) is 5.68. The van der Waals surface area contributed by atoms with Crippen molar-refractivity contribution in [1.82, 2.24) is 0 Å². The van der Waals surface area contributed by atoms with E-state index in [9.17, 15) is 19.8 Å². The summed E-state index contributed by atoms with van der Waals surface area (Å²) in [7, 11) is 0. The molecule has 8 nitrogen and oxygen atoms in total. The molecule has 0 aromatic carbocycles. The second kappa shape index (κ2) is 11.9. The lowest BCUT2D eigenvalue weighted by atomic mass is 9.51. The molecule has 184 valence electrons. The molecule has 0 heterocycles. The third-order valence-electron chi connectivity index (χ3n) is 5.68. The maximum absolute atomic E-state index is 11.4. The zero-order chi connectivity index (χ0) is 24.7. The van der Waals surface area contributed by atoms with E-state index in [-0.39, 0.29) is 62.3 Å². The smallest absolute Gasteiger partial charge is 0.333 e. The van der Waals surface area contributed by atoms with Crippen LogP contribution < -0.4 is 0 Å². The number of aliphatic hydroxyl groups excluding tert-OH is 2. The number of carbonyl (C=O) groups is 2. The van der Waals surface area contributed by atoms with Crippen LogP contribution in [0.2, 0.25) is 0 Å². The summed E-state index contributed by atoms with van der Waals surface area (Å²) in [4.78, 5) is 22.8. The molecule has 1 saturated carbocycles. The van der Waals surface area contributed by atoms with Gasteiger partial charge in [-0.2, -0.15) is 0 Å². The Morgan fingerprint density at radius 2 is 1.09 bits per heavy atom. The number of ether oxygens (including phenoxy) is 4. The van der Waals surface area contributed by atoms with Gasteiger partial charge in [0.1, 0.15) is 0 Å². The standard InChI is InChI=1S/C24H40O8/c1-15(2)19(27)29-11-9-17(25)13-31-21-23(5,6)22(24(21,7)8)32-14-18(26)10-12-30-20(28)16(3)4/h17-18,21-22,25-26H,1,3,9-14H2,2,4-8H3. The molecule has 8 heteroatoms. The highest BCUT2D eigenvalue weighted by Gasteiger charge is 2.63. The summed E-state index contributed by atoms with van der Waals surface area (Å²) in [5.41, 5.74) is -0.0284. The summed E-state index contributed by atoms with van der Waals surface area (Å²) >= 11 is 0. The van der Waals surface area contributed by atoms with Crippen LogP contribution in [0.1, 0.15) is 54.4 Å². The topological polar surface area (TPSA) is 112 Å². The van der Waals surface area contributed by atoms with Gasteiger partial charge in [0, 0.05) is 34.8 Å². The molecule has 0 aliphatic heterocycles. The molecule has 1 aliphatic carbocycles. The van der Waals surface area contributed by atoms with Gasteiger partial charge in [0.2, 0.25) is 0 Å². The van der Waals surface area contributed by atoms with E-state index in [1.54, 1.807) is 13.8 Å². The van der Waals surface area contributed by atoms with E-state index >= 15 is 0 Å². The Labute approximate surface area is 191 Å². The zero-order valence-electron chi connectivity index (χ0n) is 20.3. The van der Waals surface area contributed by atoms with Gasteiger partial charge in [-0.15, -0.1) is 0 Å². The van der Waals surface area contributed by atoms with Crippen molar-refractivity contribution in [3.8, 4) is 0 Å². The van der Waals surface area contributed by atoms with Gasteiger partial charge < -0.3 is 29.2 Å². The van der Waals surface area contributed by atoms with Crippen molar-refractivity contribution < 1.29 is 38.7 Å². The minimum atomic E-state index is -0.761. The Morgan fingerprint density at radius 1 is 0.781 bits per heavy atom. The van der Waals surface area contributed by atoms with Crippen LogP contribution >= 0.6 is 0 Å². The molecule has 0 aromatic rings. The molecule has 2 atom stereocenters. The van der Waals surface area contributed by atoms with Crippen LogP contribution in [0.3, 0.4) is 0 Å². The zero-order valence-corrected chi connectivity index (χ0v) is 20.3. The second-order valence-electron chi connectivity index (χ2n) is 9.79. The van der Waals surface area contributed by atoms with Crippen LogP contribution in [0.25, 0.3) is 0 Å². The van der Waals surface area contributed by atoms with E-state index < -0.39 is 24.1 Å². The highest BCUT2D eigenvalue weighted by Crippen LogP contribution is 2.57. The molecule has 1 aliphatic rings. The molecule has 1 rings (SSSR count). The first-order valence-electron chi connectivity index (χ1n) is 11.0. The average molecular weight is 457 g/mol. The Bertz CT molecular complexity index is 611. The average Bonchev–Trinajstić information content (AvgIpc) is 2.66. The van der Waals surface area contributed by atoms with Gasteiger partial charge in [0.15, 0.2) is 0 Å². The lowest BCUT2D eigenvalue weighted by Gasteiger charge is -2.63. The fraction of sp³-hybridized carbons (Fsp3) is 0.750. The third kappa shape index (κ3) is 7.69. The Hall–Kier alpha value is -1.74. The number of carbonyl (C=O) groups excluding carboxylic acids is 2. The van der Waals surface area contributed by atoms with Gasteiger partial charge >= 0.3 is 11.9 Å². The first-order valence-corrected chi connectivity index (χ1v) is 11.0. The van der Waals surface area contributed by atoms with Crippen LogP contribution in [0, 0.1) is 10.8 Å². The minimum absolute atomic E-state index is 0.0962. The van der Waals surface area contributed by atoms with E-state index in [1.165, 1.54) is 0 Å². The van der Waals surface area contributed by atoms with E-state index in [1.807, 2.05) is 27.7 Å². The fourth-order valence-electron chi connectivity index (χ4n) is 4.36. The maximum atomic E-state index is 11.4. The van der Waals surface area contributed by atoms with Gasteiger partial charge in [0.05, 0.1) is 50.8 Å². The van der Waals surface area contributed by atoms with Crippen molar-refractivity contribution in [1.29, 1.82) is 0 Å². The molecule has 0 radical (unpaired) electrons. The number of hydrogen-bond acceptors (Lipinski definition) is 8. The summed E-state index contributed by atoms with van der Waals surface area (Å²) in [5.74, 6) is -0.953. The molecular formula is C24H40O8. The lowest BCUT2D eigenvalue weighted by Crippen LogP contribution is -2.69. The lowest BCUT2D eigenvalue weighted by molar-refractivity contribution is -0.290. The second-order valence-corrected chi connectivity index (χ2v) is 9.79.